The van der Waals surface area contributed by atoms with Crippen LogP contribution in [0.3, 0.4) is 0 Å². The molecule has 1 aromatic carbocycles. The number of imide groups is 1. The van der Waals surface area contributed by atoms with Crippen LogP contribution in [-0.4, -0.2) is 59.1 Å². The van der Waals surface area contributed by atoms with Crippen LogP contribution in [0.15, 0.2) is 24.3 Å². The highest BCUT2D eigenvalue weighted by molar-refractivity contribution is 7.22. The van der Waals surface area contributed by atoms with Crippen molar-refractivity contribution in [2.75, 3.05) is 24.6 Å². The maximum Gasteiger partial charge on any atom is 0.325 e. The largest absolute Gasteiger partial charge is 0.376 e. The number of para-hydroxylation sites is 1. The fourth-order valence-corrected chi connectivity index (χ4v) is 5.26. The molecule has 4 amide bonds. The number of rotatable bonds is 6. The van der Waals surface area contributed by atoms with Gasteiger partial charge < -0.3 is 10.1 Å². The highest BCUT2D eigenvalue weighted by Gasteiger charge is 2.56. The van der Waals surface area contributed by atoms with Crippen LogP contribution in [0, 0.1) is 5.92 Å². The van der Waals surface area contributed by atoms with Crippen molar-refractivity contribution in [3.8, 4) is 0 Å². The second kappa shape index (κ2) is 7.31. The van der Waals surface area contributed by atoms with E-state index in [2.05, 4.69) is 10.3 Å². The topological polar surface area (TPSA) is 91.8 Å². The Labute approximate surface area is 178 Å². The summed E-state index contributed by atoms with van der Waals surface area (Å²) in [5.41, 5.74) is -0.0777. The molecule has 0 spiro atoms. The molecule has 2 unspecified atom stereocenters. The molecule has 5 rings (SSSR count). The Bertz CT molecular complexity index is 980. The van der Waals surface area contributed by atoms with Crippen molar-refractivity contribution >= 4 is 44.5 Å². The van der Waals surface area contributed by atoms with Gasteiger partial charge in [-0.1, -0.05) is 23.5 Å². The van der Waals surface area contributed by atoms with Gasteiger partial charge in [0.2, 0.25) is 5.91 Å². The number of thiazole rings is 1. The van der Waals surface area contributed by atoms with Gasteiger partial charge in [-0.05, 0) is 50.7 Å². The predicted octanol–water partition coefficient (Wildman–Crippen LogP) is 2.53. The molecule has 3 fully saturated rings. The number of anilines is 1. The molecule has 8 nitrogen and oxygen atoms in total. The van der Waals surface area contributed by atoms with E-state index in [0.29, 0.717) is 18.3 Å². The van der Waals surface area contributed by atoms with E-state index in [0.717, 1.165) is 40.8 Å². The first kappa shape index (κ1) is 19.4. The third kappa shape index (κ3) is 3.35. The average Bonchev–Trinajstić information content (AvgIpc) is 3.23. The normalized spacial score (nSPS) is 26.4. The van der Waals surface area contributed by atoms with Gasteiger partial charge in [-0.25, -0.2) is 9.78 Å². The van der Waals surface area contributed by atoms with Crippen molar-refractivity contribution in [3.63, 3.8) is 0 Å². The van der Waals surface area contributed by atoms with Gasteiger partial charge in [-0.15, -0.1) is 0 Å². The van der Waals surface area contributed by atoms with Gasteiger partial charge in [-0.2, -0.15) is 0 Å². The number of carbonyl (C=O) groups is 3. The van der Waals surface area contributed by atoms with Crippen molar-refractivity contribution < 1.29 is 19.1 Å². The Morgan fingerprint density at radius 3 is 2.83 bits per heavy atom. The molecule has 30 heavy (non-hydrogen) atoms. The molecular weight excluding hydrogens is 404 g/mol. The van der Waals surface area contributed by atoms with Crippen LogP contribution in [0.5, 0.6) is 0 Å². The lowest BCUT2D eigenvalue weighted by Crippen LogP contribution is -2.48. The molecule has 3 heterocycles. The molecule has 1 N–H and O–H groups in total. The van der Waals surface area contributed by atoms with Gasteiger partial charge in [0.05, 0.1) is 22.9 Å². The molecule has 1 aromatic heterocycles. The van der Waals surface area contributed by atoms with Crippen LogP contribution >= 0.6 is 11.3 Å². The summed E-state index contributed by atoms with van der Waals surface area (Å²) in [6.45, 7) is 2.50. The predicted molar refractivity (Wildman–Crippen MR) is 112 cm³/mol. The van der Waals surface area contributed by atoms with Gasteiger partial charge in [0.15, 0.2) is 5.13 Å². The standard InChI is InChI=1S/C21H24N4O4S/c1-21(13-8-9-13)18(27)25(19(28)23-21)12-17(26)24(11-14-5-4-10-29-14)20-22-15-6-2-3-7-16(15)30-20/h2-3,6-7,13-14H,4-5,8-12H2,1H3,(H,23,28). The molecule has 9 heteroatoms. The zero-order valence-corrected chi connectivity index (χ0v) is 17.6. The van der Waals surface area contributed by atoms with Crippen LogP contribution in [-0.2, 0) is 14.3 Å². The van der Waals surface area contributed by atoms with E-state index in [-0.39, 0.29) is 30.4 Å². The van der Waals surface area contributed by atoms with E-state index in [1.54, 1.807) is 11.8 Å². The highest BCUT2D eigenvalue weighted by Crippen LogP contribution is 2.42. The minimum Gasteiger partial charge on any atom is -0.376 e. The zero-order chi connectivity index (χ0) is 20.9. The summed E-state index contributed by atoms with van der Waals surface area (Å²) >= 11 is 1.43. The molecule has 0 radical (unpaired) electrons. The van der Waals surface area contributed by atoms with Gasteiger partial charge in [0, 0.05) is 6.61 Å². The summed E-state index contributed by atoms with van der Waals surface area (Å²) < 4.78 is 6.72. The third-order valence-corrected chi connectivity index (χ3v) is 7.27. The number of benzene rings is 1. The number of urea groups is 1. The first-order chi connectivity index (χ1) is 14.5. The number of amides is 4. The van der Waals surface area contributed by atoms with Gasteiger partial charge >= 0.3 is 6.03 Å². The van der Waals surface area contributed by atoms with Crippen LogP contribution in [0.2, 0.25) is 0 Å². The number of nitrogens with zero attached hydrogens (tertiary/aromatic N) is 3. The average molecular weight is 429 g/mol. The number of fused-ring (bicyclic) bond motifs is 1. The summed E-state index contributed by atoms with van der Waals surface area (Å²) in [6, 6.07) is 7.21. The monoisotopic (exact) mass is 428 g/mol. The lowest BCUT2D eigenvalue weighted by Gasteiger charge is -2.25. The Balaban J connectivity index is 1.40. The van der Waals surface area contributed by atoms with Crippen molar-refractivity contribution in [1.82, 2.24) is 15.2 Å². The molecule has 0 bridgehead atoms. The lowest BCUT2D eigenvalue weighted by atomic mass is 9.96. The minimum absolute atomic E-state index is 0.0687. The van der Waals surface area contributed by atoms with Gasteiger partial charge in [0.25, 0.3) is 5.91 Å². The van der Waals surface area contributed by atoms with Crippen LogP contribution in [0.1, 0.15) is 32.6 Å². The fourth-order valence-electron chi connectivity index (χ4n) is 4.27. The van der Waals surface area contributed by atoms with Crippen molar-refractivity contribution in [1.29, 1.82) is 0 Å². The van der Waals surface area contributed by atoms with E-state index in [9.17, 15) is 14.4 Å². The summed E-state index contributed by atoms with van der Waals surface area (Å²) in [5, 5.41) is 3.36. The van der Waals surface area contributed by atoms with Gasteiger partial charge in [0.1, 0.15) is 12.1 Å². The Hall–Kier alpha value is -2.52. The van der Waals surface area contributed by atoms with Crippen LogP contribution in [0.25, 0.3) is 10.2 Å². The molecule has 2 aliphatic heterocycles. The van der Waals surface area contributed by atoms with Crippen LogP contribution < -0.4 is 10.2 Å². The Kier molecular flexibility index (Phi) is 4.74. The first-order valence-electron chi connectivity index (χ1n) is 10.4. The molecule has 2 aromatic rings. The number of hydrogen-bond donors (Lipinski definition) is 1. The van der Waals surface area contributed by atoms with E-state index < -0.39 is 11.6 Å². The second-order valence-corrected chi connectivity index (χ2v) is 9.41. The van der Waals surface area contributed by atoms with Crippen LogP contribution in [0.4, 0.5) is 9.93 Å². The summed E-state index contributed by atoms with van der Waals surface area (Å²) in [4.78, 5) is 46.0. The third-order valence-electron chi connectivity index (χ3n) is 6.21. The van der Waals surface area contributed by atoms with Crippen molar-refractivity contribution in [2.24, 2.45) is 5.92 Å². The first-order valence-corrected chi connectivity index (χ1v) is 11.2. The lowest BCUT2D eigenvalue weighted by molar-refractivity contribution is -0.134. The Morgan fingerprint density at radius 2 is 2.13 bits per heavy atom. The van der Waals surface area contributed by atoms with E-state index in [1.165, 1.54) is 11.3 Å². The minimum atomic E-state index is -0.896. The van der Waals surface area contributed by atoms with E-state index >= 15 is 0 Å². The number of ether oxygens (including phenoxy) is 1. The van der Waals surface area contributed by atoms with Crippen molar-refractivity contribution in [2.45, 2.75) is 44.2 Å². The maximum absolute atomic E-state index is 13.3. The smallest absolute Gasteiger partial charge is 0.325 e. The molecule has 2 atom stereocenters. The maximum atomic E-state index is 13.3. The number of carbonyl (C=O) groups excluding carboxylic acids is 3. The van der Waals surface area contributed by atoms with Gasteiger partial charge in [-0.3, -0.25) is 19.4 Å². The summed E-state index contributed by atoms with van der Waals surface area (Å²) in [6.07, 6.45) is 3.60. The SMILES string of the molecule is CC1(C2CC2)NC(=O)N(CC(=O)N(CC2CCCO2)c2nc3ccccc3s2)C1=O. The Morgan fingerprint density at radius 1 is 1.33 bits per heavy atom. The molecule has 1 aliphatic carbocycles. The fraction of sp³-hybridized carbons (Fsp3) is 0.524. The number of aromatic nitrogens is 1. The second-order valence-electron chi connectivity index (χ2n) is 8.40. The highest BCUT2D eigenvalue weighted by atomic mass is 32.1. The zero-order valence-electron chi connectivity index (χ0n) is 16.8. The van der Waals surface area contributed by atoms with E-state index in [4.69, 9.17) is 4.74 Å². The number of nitrogens with one attached hydrogen (secondary N) is 1. The molecular formula is C21H24N4O4S. The molecule has 158 valence electrons. The molecule has 1 saturated carbocycles. The molecule has 2 saturated heterocycles. The summed E-state index contributed by atoms with van der Waals surface area (Å²) in [5.74, 6) is -0.487. The quantitative estimate of drug-likeness (QED) is 0.714. The van der Waals surface area contributed by atoms with Crippen molar-refractivity contribution in [3.05, 3.63) is 24.3 Å². The molecule has 3 aliphatic rings. The number of hydrogen-bond acceptors (Lipinski definition) is 6. The summed E-state index contributed by atoms with van der Waals surface area (Å²) in [7, 11) is 0. The van der Waals surface area contributed by atoms with E-state index in [1.807, 2.05) is 24.3 Å².